The fourth-order valence-corrected chi connectivity index (χ4v) is 3.83. The molecule has 1 atom stereocenters. The Balaban J connectivity index is 1.24. The number of hydrogen-bond donors (Lipinski definition) is 1. The standard InChI is InChI=1S/C26H27NO5/c1-18(20-12-11-19-7-5-6-8-21(19)15-20)27-25(28)17-31-26(29)24-14-13-23(32-24)16-30-22-9-3-2-4-10-22/h2-4,9-15,18H,5-8,16-17H2,1H3,(H,27,28)/t18-/m1/s1. The smallest absolute Gasteiger partial charge is 0.374 e. The lowest BCUT2D eigenvalue weighted by Crippen LogP contribution is -2.31. The van der Waals surface area contributed by atoms with Gasteiger partial charge in [-0.15, -0.1) is 0 Å². The van der Waals surface area contributed by atoms with Gasteiger partial charge in [0.2, 0.25) is 5.76 Å². The van der Waals surface area contributed by atoms with Gasteiger partial charge in [-0.05, 0) is 73.6 Å². The number of nitrogens with one attached hydrogen (secondary N) is 1. The Morgan fingerprint density at radius 2 is 1.78 bits per heavy atom. The fourth-order valence-electron chi connectivity index (χ4n) is 3.83. The number of rotatable bonds is 8. The monoisotopic (exact) mass is 433 g/mol. The van der Waals surface area contributed by atoms with Crippen molar-refractivity contribution in [1.82, 2.24) is 5.32 Å². The predicted octanol–water partition coefficient (Wildman–Crippen LogP) is 4.77. The molecule has 4 rings (SSSR count). The van der Waals surface area contributed by atoms with Crippen LogP contribution < -0.4 is 10.1 Å². The van der Waals surface area contributed by atoms with Crippen molar-refractivity contribution in [3.8, 4) is 5.75 Å². The molecule has 1 aromatic heterocycles. The van der Waals surface area contributed by atoms with Crippen molar-refractivity contribution in [2.75, 3.05) is 6.61 Å². The molecular weight excluding hydrogens is 406 g/mol. The number of furan rings is 1. The Morgan fingerprint density at radius 1 is 1.00 bits per heavy atom. The van der Waals surface area contributed by atoms with Crippen molar-refractivity contribution >= 4 is 11.9 Å². The lowest BCUT2D eigenvalue weighted by atomic mass is 9.89. The summed E-state index contributed by atoms with van der Waals surface area (Å²) < 4.78 is 16.2. The van der Waals surface area contributed by atoms with Gasteiger partial charge in [-0.3, -0.25) is 4.79 Å². The lowest BCUT2D eigenvalue weighted by molar-refractivity contribution is -0.124. The van der Waals surface area contributed by atoms with E-state index >= 15 is 0 Å². The molecule has 6 heteroatoms. The zero-order valence-corrected chi connectivity index (χ0v) is 18.1. The second kappa shape index (κ2) is 10.2. The van der Waals surface area contributed by atoms with Crippen molar-refractivity contribution in [2.45, 2.75) is 45.3 Å². The van der Waals surface area contributed by atoms with E-state index in [1.54, 1.807) is 6.07 Å². The number of benzene rings is 2. The summed E-state index contributed by atoms with van der Waals surface area (Å²) in [5, 5.41) is 2.89. The van der Waals surface area contributed by atoms with Crippen molar-refractivity contribution in [3.63, 3.8) is 0 Å². The molecule has 1 aliphatic rings. The van der Waals surface area contributed by atoms with E-state index in [4.69, 9.17) is 13.9 Å². The van der Waals surface area contributed by atoms with Gasteiger partial charge in [0.25, 0.3) is 5.91 Å². The van der Waals surface area contributed by atoms with E-state index in [2.05, 4.69) is 23.5 Å². The number of esters is 1. The van der Waals surface area contributed by atoms with Crippen LogP contribution in [-0.2, 0) is 29.0 Å². The summed E-state index contributed by atoms with van der Waals surface area (Å²) in [7, 11) is 0. The molecule has 0 aliphatic heterocycles. The number of amides is 1. The third kappa shape index (κ3) is 5.58. The number of carbonyl (C=O) groups excluding carboxylic acids is 2. The minimum Gasteiger partial charge on any atom is -0.486 e. The average Bonchev–Trinajstić information content (AvgIpc) is 3.31. The zero-order valence-electron chi connectivity index (χ0n) is 18.1. The average molecular weight is 434 g/mol. The van der Waals surface area contributed by atoms with Crippen molar-refractivity contribution in [1.29, 1.82) is 0 Å². The maximum Gasteiger partial charge on any atom is 0.374 e. The Labute approximate surface area is 187 Å². The molecule has 0 bridgehead atoms. The second-order valence-corrected chi connectivity index (χ2v) is 7.97. The van der Waals surface area contributed by atoms with E-state index in [0.29, 0.717) is 11.5 Å². The van der Waals surface area contributed by atoms with Crippen LogP contribution in [0.1, 0.15) is 58.8 Å². The van der Waals surface area contributed by atoms with Crippen LogP contribution in [0.4, 0.5) is 0 Å². The minimum atomic E-state index is -0.687. The molecule has 0 fully saturated rings. The number of ether oxygens (including phenoxy) is 2. The molecule has 166 valence electrons. The normalized spacial score (nSPS) is 13.7. The lowest BCUT2D eigenvalue weighted by Gasteiger charge is -2.20. The van der Waals surface area contributed by atoms with E-state index < -0.39 is 5.97 Å². The first-order valence-electron chi connectivity index (χ1n) is 10.9. The summed E-state index contributed by atoms with van der Waals surface area (Å²) >= 11 is 0. The Bertz CT molecular complexity index is 1070. The van der Waals surface area contributed by atoms with Gasteiger partial charge in [0.05, 0.1) is 6.04 Å². The Hall–Kier alpha value is -3.54. The highest BCUT2D eigenvalue weighted by Crippen LogP contribution is 2.24. The molecule has 2 aromatic carbocycles. The largest absolute Gasteiger partial charge is 0.486 e. The van der Waals surface area contributed by atoms with Gasteiger partial charge in [0, 0.05) is 0 Å². The number of fused-ring (bicyclic) bond motifs is 1. The van der Waals surface area contributed by atoms with E-state index in [0.717, 1.165) is 18.4 Å². The topological polar surface area (TPSA) is 77.8 Å². The molecule has 32 heavy (non-hydrogen) atoms. The van der Waals surface area contributed by atoms with Crippen LogP contribution in [0, 0.1) is 0 Å². The second-order valence-electron chi connectivity index (χ2n) is 7.97. The first-order valence-corrected chi connectivity index (χ1v) is 10.9. The summed E-state index contributed by atoms with van der Waals surface area (Å²) in [4.78, 5) is 24.5. The molecule has 6 nitrogen and oxygen atoms in total. The molecule has 1 aliphatic carbocycles. The van der Waals surface area contributed by atoms with Gasteiger partial charge in [0.1, 0.15) is 18.1 Å². The zero-order chi connectivity index (χ0) is 22.3. The van der Waals surface area contributed by atoms with E-state index in [1.807, 2.05) is 37.3 Å². The SMILES string of the molecule is C[C@@H](NC(=O)COC(=O)c1ccc(COc2ccccc2)o1)c1ccc2c(c1)CCCC2. The molecular formula is C26H27NO5. The third-order valence-corrected chi connectivity index (χ3v) is 5.57. The highest BCUT2D eigenvalue weighted by molar-refractivity contribution is 5.88. The van der Waals surface area contributed by atoms with Crippen LogP contribution in [-0.4, -0.2) is 18.5 Å². The van der Waals surface area contributed by atoms with Crippen LogP contribution in [0.3, 0.4) is 0 Å². The highest BCUT2D eigenvalue weighted by Gasteiger charge is 2.17. The maximum atomic E-state index is 12.3. The van der Waals surface area contributed by atoms with Crippen molar-refractivity contribution < 1.29 is 23.5 Å². The molecule has 1 amide bonds. The first kappa shape index (κ1) is 21.7. The van der Waals surface area contributed by atoms with Gasteiger partial charge in [0.15, 0.2) is 6.61 Å². The van der Waals surface area contributed by atoms with Crippen LogP contribution in [0.25, 0.3) is 0 Å². The molecule has 1 heterocycles. The Kier molecular flexibility index (Phi) is 6.90. The van der Waals surface area contributed by atoms with Crippen LogP contribution in [0.5, 0.6) is 5.75 Å². The minimum absolute atomic E-state index is 0.0344. The third-order valence-electron chi connectivity index (χ3n) is 5.57. The van der Waals surface area contributed by atoms with Gasteiger partial charge >= 0.3 is 5.97 Å². The summed E-state index contributed by atoms with van der Waals surface area (Å²) in [6, 6.07) is 18.7. The summed E-state index contributed by atoms with van der Waals surface area (Å²) in [6.45, 7) is 1.75. The maximum absolute atomic E-state index is 12.3. The molecule has 0 saturated carbocycles. The van der Waals surface area contributed by atoms with Crippen molar-refractivity contribution in [2.24, 2.45) is 0 Å². The first-order chi connectivity index (χ1) is 15.6. The van der Waals surface area contributed by atoms with E-state index in [9.17, 15) is 9.59 Å². The van der Waals surface area contributed by atoms with Gasteiger partial charge in [-0.2, -0.15) is 0 Å². The predicted molar refractivity (Wildman–Crippen MR) is 119 cm³/mol. The summed E-state index contributed by atoms with van der Waals surface area (Å²) in [5.41, 5.74) is 3.82. The number of carbonyl (C=O) groups is 2. The van der Waals surface area contributed by atoms with Crippen LogP contribution >= 0.6 is 0 Å². The fraction of sp³-hybridized carbons (Fsp3) is 0.308. The molecule has 3 aromatic rings. The van der Waals surface area contributed by atoms with Crippen LogP contribution in [0.15, 0.2) is 65.1 Å². The van der Waals surface area contributed by atoms with Gasteiger partial charge in [-0.25, -0.2) is 4.79 Å². The number of aryl methyl sites for hydroxylation is 2. The molecule has 0 radical (unpaired) electrons. The Morgan fingerprint density at radius 3 is 2.59 bits per heavy atom. The summed E-state index contributed by atoms with van der Waals surface area (Å²) in [5.74, 6) is 0.187. The molecule has 0 spiro atoms. The quantitative estimate of drug-likeness (QED) is 0.518. The van der Waals surface area contributed by atoms with E-state index in [-0.39, 0.29) is 30.9 Å². The number of para-hydroxylation sites is 1. The summed E-state index contributed by atoms with van der Waals surface area (Å²) in [6.07, 6.45) is 4.66. The number of hydrogen-bond acceptors (Lipinski definition) is 5. The van der Waals surface area contributed by atoms with Gasteiger partial charge < -0.3 is 19.2 Å². The van der Waals surface area contributed by atoms with E-state index in [1.165, 1.54) is 30.0 Å². The molecule has 0 unspecified atom stereocenters. The van der Waals surface area contributed by atoms with Gasteiger partial charge in [-0.1, -0.05) is 36.4 Å². The molecule has 1 N–H and O–H groups in total. The highest BCUT2D eigenvalue weighted by atomic mass is 16.6. The van der Waals surface area contributed by atoms with Crippen molar-refractivity contribution in [3.05, 3.63) is 88.9 Å². The molecule has 0 saturated heterocycles. The van der Waals surface area contributed by atoms with Crippen LogP contribution in [0.2, 0.25) is 0 Å².